The van der Waals surface area contributed by atoms with Crippen molar-refractivity contribution in [3.8, 4) is 5.88 Å². The van der Waals surface area contributed by atoms with Crippen LogP contribution in [0.3, 0.4) is 0 Å². The molecular formula is C19H23N3O2. The Hall–Kier alpha value is -2.43. The van der Waals surface area contributed by atoms with Gasteiger partial charge in [-0.15, -0.1) is 0 Å². The average Bonchev–Trinajstić information content (AvgIpc) is 2.62. The van der Waals surface area contributed by atoms with Gasteiger partial charge in [-0.1, -0.05) is 6.07 Å². The van der Waals surface area contributed by atoms with Gasteiger partial charge in [-0.05, 0) is 50.5 Å². The molecule has 0 radical (unpaired) electrons. The second-order valence-corrected chi connectivity index (χ2v) is 6.40. The fourth-order valence-electron chi connectivity index (χ4n) is 3.07. The zero-order valence-electron chi connectivity index (χ0n) is 14.2. The molecule has 5 nitrogen and oxygen atoms in total. The van der Waals surface area contributed by atoms with Crippen LogP contribution in [0.15, 0.2) is 42.7 Å². The number of carbonyl (C=O) groups excluding carboxylic acids is 1. The number of carbonyl (C=O) groups is 1. The summed E-state index contributed by atoms with van der Waals surface area (Å²) in [6, 6.07) is 9.43. The number of amides is 1. The molecule has 126 valence electrons. The molecule has 5 heteroatoms. The van der Waals surface area contributed by atoms with Gasteiger partial charge in [-0.2, -0.15) is 0 Å². The largest absolute Gasteiger partial charge is 0.475 e. The fraction of sp³-hybridized carbons (Fsp3) is 0.421. The minimum atomic E-state index is -0.0250. The van der Waals surface area contributed by atoms with Gasteiger partial charge in [0.2, 0.25) is 5.88 Å². The molecular weight excluding hydrogens is 302 g/mol. The van der Waals surface area contributed by atoms with E-state index in [1.165, 1.54) is 5.56 Å². The van der Waals surface area contributed by atoms with Crippen molar-refractivity contribution < 1.29 is 9.53 Å². The van der Waals surface area contributed by atoms with Crippen molar-refractivity contribution in [2.75, 3.05) is 13.1 Å². The molecule has 2 aromatic rings. The number of hydrogen-bond acceptors (Lipinski definition) is 4. The van der Waals surface area contributed by atoms with Crippen molar-refractivity contribution in [2.24, 2.45) is 0 Å². The number of hydrogen-bond donors (Lipinski definition) is 0. The van der Waals surface area contributed by atoms with Crippen LogP contribution in [0.25, 0.3) is 0 Å². The molecule has 1 unspecified atom stereocenters. The van der Waals surface area contributed by atoms with Crippen LogP contribution in [0.2, 0.25) is 0 Å². The number of nitrogens with zero attached hydrogens (tertiary/aromatic N) is 3. The minimum absolute atomic E-state index is 0.0250. The fourth-order valence-corrected chi connectivity index (χ4v) is 3.07. The lowest BCUT2D eigenvalue weighted by atomic mass is 9.91. The summed E-state index contributed by atoms with van der Waals surface area (Å²) < 4.78 is 5.59. The van der Waals surface area contributed by atoms with E-state index < -0.39 is 0 Å². The van der Waals surface area contributed by atoms with Gasteiger partial charge in [0, 0.05) is 37.5 Å². The highest BCUT2D eigenvalue weighted by Crippen LogP contribution is 2.27. The SMILES string of the molecule is CC(C)Oc1cccc(C(=O)N2CCCC(c3ccncc3)C2)n1. The standard InChI is InChI=1S/C19H23N3O2/c1-14(2)24-18-7-3-6-17(21-18)19(23)22-12-4-5-16(13-22)15-8-10-20-11-9-15/h3,6-11,14,16H,4-5,12-13H2,1-2H3. The van der Waals surface area contributed by atoms with Gasteiger partial charge in [0.05, 0.1) is 6.10 Å². The second kappa shape index (κ2) is 7.43. The predicted molar refractivity (Wildman–Crippen MR) is 92.1 cm³/mol. The lowest BCUT2D eigenvalue weighted by Crippen LogP contribution is -2.39. The van der Waals surface area contributed by atoms with Gasteiger partial charge in [0.15, 0.2) is 0 Å². The van der Waals surface area contributed by atoms with E-state index in [-0.39, 0.29) is 12.0 Å². The molecule has 1 amide bonds. The normalized spacial score (nSPS) is 17.8. The molecule has 0 bridgehead atoms. The quantitative estimate of drug-likeness (QED) is 0.865. The predicted octanol–water partition coefficient (Wildman–Crippen LogP) is 3.28. The first kappa shape index (κ1) is 16.4. The maximum atomic E-state index is 12.8. The zero-order chi connectivity index (χ0) is 16.9. The minimum Gasteiger partial charge on any atom is -0.475 e. The van der Waals surface area contributed by atoms with Crippen LogP contribution in [-0.2, 0) is 0 Å². The molecule has 0 spiro atoms. The van der Waals surface area contributed by atoms with Crippen LogP contribution < -0.4 is 4.74 Å². The molecule has 1 atom stereocenters. The van der Waals surface area contributed by atoms with Crippen LogP contribution >= 0.6 is 0 Å². The van der Waals surface area contributed by atoms with E-state index in [0.717, 1.165) is 25.9 Å². The van der Waals surface area contributed by atoms with Crippen LogP contribution in [0.4, 0.5) is 0 Å². The summed E-state index contributed by atoms with van der Waals surface area (Å²) in [6.07, 6.45) is 5.75. The van der Waals surface area contributed by atoms with E-state index in [1.54, 1.807) is 12.1 Å². The monoisotopic (exact) mass is 325 g/mol. The van der Waals surface area contributed by atoms with Gasteiger partial charge in [-0.3, -0.25) is 9.78 Å². The second-order valence-electron chi connectivity index (χ2n) is 6.40. The summed E-state index contributed by atoms with van der Waals surface area (Å²) in [5.41, 5.74) is 1.69. The van der Waals surface area contributed by atoms with E-state index in [9.17, 15) is 4.79 Å². The number of aromatic nitrogens is 2. The Morgan fingerprint density at radius 2 is 2.04 bits per heavy atom. The summed E-state index contributed by atoms with van der Waals surface area (Å²) in [7, 11) is 0. The molecule has 0 N–H and O–H groups in total. The van der Waals surface area contributed by atoms with Gasteiger partial charge in [0.1, 0.15) is 5.69 Å². The number of piperidine rings is 1. The first-order valence-electron chi connectivity index (χ1n) is 8.46. The number of likely N-dealkylation sites (tertiary alicyclic amines) is 1. The Morgan fingerprint density at radius 3 is 2.79 bits per heavy atom. The van der Waals surface area contributed by atoms with Crippen LogP contribution in [0.1, 0.15) is 48.7 Å². The van der Waals surface area contributed by atoms with Gasteiger partial charge < -0.3 is 9.64 Å². The van der Waals surface area contributed by atoms with Crippen molar-refractivity contribution in [3.63, 3.8) is 0 Å². The van der Waals surface area contributed by atoms with Crippen molar-refractivity contribution >= 4 is 5.91 Å². The first-order valence-corrected chi connectivity index (χ1v) is 8.46. The van der Waals surface area contributed by atoms with E-state index in [2.05, 4.69) is 9.97 Å². The highest BCUT2D eigenvalue weighted by molar-refractivity contribution is 5.92. The summed E-state index contributed by atoms with van der Waals surface area (Å²) in [5.74, 6) is 0.835. The Labute approximate surface area is 142 Å². The molecule has 1 fully saturated rings. The molecule has 1 aliphatic rings. The van der Waals surface area contributed by atoms with Gasteiger partial charge in [0.25, 0.3) is 5.91 Å². The van der Waals surface area contributed by atoms with Crippen LogP contribution in [-0.4, -0.2) is 40.0 Å². The van der Waals surface area contributed by atoms with E-state index in [0.29, 0.717) is 17.5 Å². The first-order chi connectivity index (χ1) is 11.6. The molecule has 2 aromatic heterocycles. The maximum absolute atomic E-state index is 12.8. The molecule has 24 heavy (non-hydrogen) atoms. The molecule has 0 aliphatic carbocycles. The molecule has 3 heterocycles. The Balaban J connectivity index is 1.72. The Morgan fingerprint density at radius 1 is 1.25 bits per heavy atom. The van der Waals surface area contributed by atoms with Crippen molar-refractivity contribution in [3.05, 3.63) is 54.0 Å². The van der Waals surface area contributed by atoms with E-state index in [1.807, 2.05) is 49.3 Å². The third-order valence-corrected chi connectivity index (χ3v) is 4.19. The van der Waals surface area contributed by atoms with Gasteiger partial charge in [-0.25, -0.2) is 4.98 Å². The Bertz CT molecular complexity index is 688. The number of ether oxygens (including phenoxy) is 1. The van der Waals surface area contributed by atoms with Crippen molar-refractivity contribution in [2.45, 2.75) is 38.7 Å². The summed E-state index contributed by atoms with van der Waals surface area (Å²) in [5, 5.41) is 0. The maximum Gasteiger partial charge on any atom is 0.272 e. The smallest absolute Gasteiger partial charge is 0.272 e. The Kier molecular flexibility index (Phi) is 5.08. The molecule has 1 saturated heterocycles. The summed E-state index contributed by atoms with van der Waals surface area (Å²) in [4.78, 5) is 23.1. The van der Waals surface area contributed by atoms with Crippen molar-refractivity contribution in [1.29, 1.82) is 0 Å². The topological polar surface area (TPSA) is 55.3 Å². The third kappa shape index (κ3) is 3.91. The highest BCUT2D eigenvalue weighted by Gasteiger charge is 2.26. The summed E-state index contributed by atoms with van der Waals surface area (Å²) >= 11 is 0. The lowest BCUT2D eigenvalue weighted by Gasteiger charge is -2.32. The van der Waals surface area contributed by atoms with E-state index in [4.69, 9.17) is 4.74 Å². The number of rotatable bonds is 4. The van der Waals surface area contributed by atoms with Crippen molar-refractivity contribution in [1.82, 2.24) is 14.9 Å². The van der Waals surface area contributed by atoms with E-state index >= 15 is 0 Å². The molecule has 3 rings (SSSR count). The number of pyridine rings is 2. The highest BCUT2D eigenvalue weighted by atomic mass is 16.5. The van der Waals surface area contributed by atoms with Gasteiger partial charge >= 0.3 is 0 Å². The van der Waals surface area contributed by atoms with Crippen LogP contribution in [0, 0.1) is 0 Å². The lowest BCUT2D eigenvalue weighted by molar-refractivity contribution is 0.0699. The molecule has 1 aliphatic heterocycles. The summed E-state index contributed by atoms with van der Waals surface area (Å²) in [6.45, 7) is 5.39. The zero-order valence-corrected chi connectivity index (χ0v) is 14.2. The molecule has 0 saturated carbocycles. The van der Waals surface area contributed by atoms with Crippen LogP contribution in [0.5, 0.6) is 5.88 Å². The third-order valence-electron chi connectivity index (χ3n) is 4.19. The average molecular weight is 325 g/mol. The molecule has 0 aromatic carbocycles.